The summed E-state index contributed by atoms with van der Waals surface area (Å²) in [4.78, 5) is 0. The van der Waals surface area contributed by atoms with Crippen molar-refractivity contribution in [3.8, 4) is 0 Å². The van der Waals surface area contributed by atoms with E-state index in [1.807, 2.05) is 0 Å². The monoisotopic (exact) mass is 267 g/mol. The maximum atomic E-state index is 3.75. The van der Waals surface area contributed by atoms with E-state index in [1.165, 1.54) is 0 Å². The zero-order chi connectivity index (χ0) is 4.99. The Morgan fingerprint density at radius 1 is 1.14 bits per heavy atom. The Labute approximate surface area is 61.0 Å². The van der Waals surface area contributed by atoms with E-state index in [-0.39, 0.29) is 21.1 Å². The second-order valence-electron chi connectivity index (χ2n) is 1.44. The molecule has 0 amide bonds. The van der Waals surface area contributed by atoms with Crippen molar-refractivity contribution in [2.45, 2.75) is 12.8 Å². The standard InChI is InChI=1S/C6H11.W/c1-4-6(3)5-2;/h6H,1-5H2;/q-3;. The Balaban J connectivity index is 0. The van der Waals surface area contributed by atoms with Crippen molar-refractivity contribution in [1.82, 2.24) is 0 Å². The van der Waals surface area contributed by atoms with Crippen LogP contribution in [0.3, 0.4) is 0 Å². The molecule has 0 bridgehead atoms. The van der Waals surface area contributed by atoms with E-state index in [9.17, 15) is 0 Å². The summed E-state index contributed by atoms with van der Waals surface area (Å²) in [7, 11) is 0. The summed E-state index contributed by atoms with van der Waals surface area (Å²) in [5.74, 6) is 0.463. The number of hydrogen-bond donors (Lipinski definition) is 0. The molecule has 0 aromatic heterocycles. The van der Waals surface area contributed by atoms with Crippen LogP contribution in [-0.4, -0.2) is 0 Å². The molecule has 0 rings (SSSR count). The molecule has 0 heterocycles. The van der Waals surface area contributed by atoms with Crippen molar-refractivity contribution in [2.75, 3.05) is 0 Å². The van der Waals surface area contributed by atoms with Gasteiger partial charge in [-0.1, -0.05) is 0 Å². The van der Waals surface area contributed by atoms with E-state index in [4.69, 9.17) is 0 Å². The summed E-state index contributed by atoms with van der Waals surface area (Å²) < 4.78 is 0. The van der Waals surface area contributed by atoms with Crippen LogP contribution in [-0.2, 0) is 21.1 Å². The van der Waals surface area contributed by atoms with E-state index in [2.05, 4.69) is 20.8 Å². The molecular formula is C6H11W-3. The summed E-state index contributed by atoms with van der Waals surface area (Å²) in [5.41, 5.74) is 0. The second-order valence-corrected chi connectivity index (χ2v) is 1.44. The summed E-state index contributed by atoms with van der Waals surface area (Å²) in [6.07, 6.45) is 1.81. The molecular weight excluding hydrogens is 256 g/mol. The van der Waals surface area contributed by atoms with Gasteiger partial charge in [0.1, 0.15) is 0 Å². The SMILES string of the molecule is [CH2-]CC([CH2-])C[CH2-].[W]. The first kappa shape index (κ1) is 10.6. The van der Waals surface area contributed by atoms with Gasteiger partial charge in [-0.2, -0.15) is 0 Å². The fourth-order valence-corrected chi connectivity index (χ4v) is 0.144. The molecule has 0 aliphatic rings. The van der Waals surface area contributed by atoms with Crippen LogP contribution in [0.4, 0.5) is 0 Å². The van der Waals surface area contributed by atoms with E-state index >= 15 is 0 Å². The van der Waals surface area contributed by atoms with Gasteiger partial charge in [0.25, 0.3) is 0 Å². The van der Waals surface area contributed by atoms with Crippen molar-refractivity contribution in [3.05, 3.63) is 20.8 Å². The van der Waals surface area contributed by atoms with Crippen molar-refractivity contribution in [2.24, 2.45) is 5.92 Å². The molecule has 0 atom stereocenters. The summed E-state index contributed by atoms with van der Waals surface area (Å²) in [6, 6.07) is 0. The topological polar surface area (TPSA) is 0 Å². The van der Waals surface area contributed by atoms with Crippen LogP contribution in [0.1, 0.15) is 12.8 Å². The van der Waals surface area contributed by atoms with E-state index in [1.54, 1.807) is 0 Å². The Hall–Kier alpha value is 0.688. The minimum atomic E-state index is 0. The van der Waals surface area contributed by atoms with Crippen LogP contribution in [0.2, 0.25) is 0 Å². The molecule has 0 unspecified atom stereocenters. The predicted molar refractivity (Wildman–Crippen MR) is 28.8 cm³/mol. The van der Waals surface area contributed by atoms with Crippen LogP contribution in [0.25, 0.3) is 0 Å². The van der Waals surface area contributed by atoms with Gasteiger partial charge in [-0.3, -0.25) is 0 Å². The third-order valence-electron chi connectivity index (χ3n) is 0.816. The van der Waals surface area contributed by atoms with Crippen molar-refractivity contribution in [3.63, 3.8) is 0 Å². The third kappa shape index (κ3) is 6.69. The number of hydrogen-bond acceptors (Lipinski definition) is 0. The fourth-order valence-electron chi connectivity index (χ4n) is 0.144. The smallest absolute Gasteiger partial charge is 0 e. The van der Waals surface area contributed by atoms with Crippen LogP contribution < -0.4 is 0 Å². The molecule has 7 heavy (non-hydrogen) atoms. The average molecular weight is 267 g/mol. The molecule has 0 fully saturated rings. The molecule has 0 nitrogen and oxygen atoms in total. The second kappa shape index (κ2) is 6.69. The van der Waals surface area contributed by atoms with Crippen molar-refractivity contribution in [1.29, 1.82) is 0 Å². The van der Waals surface area contributed by atoms with E-state index in [0.717, 1.165) is 12.8 Å². The van der Waals surface area contributed by atoms with Gasteiger partial charge >= 0.3 is 0 Å². The average Bonchev–Trinajstić information content (AvgIpc) is 1.65. The number of rotatable bonds is 2. The Morgan fingerprint density at radius 3 is 1.43 bits per heavy atom. The molecule has 1 heteroatoms. The van der Waals surface area contributed by atoms with Gasteiger partial charge in [0.15, 0.2) is 0 Å². The summed E-state index contributed by atoms with van der Waals surface area (Å²) in [6.45, 7) is 11.1. The first-order valence-electron chi connectivity index (χ1n) is 2.22. The quantitative estimate of drug-likeness (QED) is 0.670. The Bertz CT molecular complexity index is 23.4. The first-order valence-corrected chi connectivity index (χ1v) is 2.22. The van der Waals surface area contributed by atoms with Crippen LogP contribution in [0.5, 0.6) is 0 Å². The van der Waals surface area contributed by atoms with Gasteiger partial charge in [0.2, 0.25) is 0 Å². The van der Waals surface area contributed by atoms with Gasteiger partial charge in [0.05, 0.1) is 0 Å². The molecule has 0 aromatic carbocycles. The Kier molecular flexibility index (Phi) is 10.2. The minimum Gasteiger partial charge on any atom is -0.346 e. The minimum absolute atomic E-state index is 0. The fraction of sp³-hybridized carbons (Fsp3) is 0.500. The predicted octanol–water partition coefficient (Wildman–Crippen LogP) is 1.88. The molecule has 0 saturated carbocycles. The van der Waals surface area contributed by atoms with Gasteiger partial charge in [-0.15, -0.1) is 0 Å². The zero-order valence-electron chi connectivity index (χ0n) is 4.52. The molecule has 0 aliphatic heterocycles. The molecule has 0 aromatic rings. The molecule has 0 saturated heterocycles. The van der Waals surface area contributed by atoms with E-state index < -0.39 is 0 Å². The normalized spacial score (nSPS) is 8.57. The first-order chi connectivity index (χ1) is 2.81. The van der Waals surface area contributed by atoms with Crippen molar-refractivity contribution < 1.29 is 21.1 Å². The van der Waals surface area contributed by atoms with Crippen LogP contribution in [0, 0.1) is 26.7 Å². The Morgan fingerprint density at radius 2 is 1.43 bits per heavy atom. The van der Waals surface area contributed by atoms with E-state index in [0.29, 0.717) is 5.92 Å². The van der Waals surface area contributed by atoms with Gasteiger partial charge in [0, 0.05) is 21.1 Å². The molecule has 0 aliphatic carbocycles. The third-order valence-corrected chi connectivity index (χ3v) is 0.816. The molecule has 0 N–H and O–H groups in total. The van der Waals surface area contributed by atoms with Gasteiger partial charge in [-0.25, -0.2) is 18.8 Å². The largest absolute Gasteiger partial charge is 0.346 e. The van der Waals surface area contributed by atoms with Crippen LogP contribution in [0.15, 0.2) is 0 Å². The zero-order valence-corrected chi connectivity index (χ0v) is 7.45. The molecule has 0 spiro atoms. The van der Waals surface area contributed by atoms with Gasteiger partial charge < -0.3 is 20.8 Å². The maximum Gasteiger partial charge on any atom is 0 e. The van der Waals surface area contributed by atoms with Gasteiger partial charge in [-0.05, 0) is 0 Å². The molecule has 0 radical (unpaired) electrons. The maximum absolute atomic E-state index is 3.75. The summed E-state index contributed by atoms with van der Waals surface area (Å²) in [5, 5.41) is 0. The van der Waals surface area contributed by atoms with Crippen LogP contribution >= 0.6 is 0 Å². The van der Waals surface area contributed by atoms with Crippen molar-refractivity contribution >= 4 is 0 Å². The summed E-state index contributed by atoms with van der Waals surface area (Å²) >= 11 is 0. The molecule has 44 valence electrons.